The number of nitrogen functional groups attached to an aromatic ring is 1. The summed E-state index contributed by atoms with van der Waals surface area (Å²) in [4.78, 5) is 93.0. The molecule has 3 aromatic carbocycles. The van der Waals surface area contributed by atoms with Crippen LogP contribution in [0.25, 0.3) is 38.2 Å². The van der Waals surface area contributed by atoms with E-state index in [1.54, 1.807) is 24.3 Å². The Morgan fingerprint density at radius 3 is 2.45 bits per heavy atom. The Morgan fingerprint density at radius 1 is 0.979 bits per heavy atom. The molecule has 4 aliphatic rings. The number of hydrogen-bond acceptors (Lipinski definition) is 23. The summed E-state index contributed by atoms with van der Waals surface area (Å²) in [7, 11) is -18.9. The third-order valence-corrected chi connectivity index (χ3v) is 21.5. The van der Waals surface area contributed by atoms with Gasteiger partial charge in [0.25, 0.3) is 16.1 Å². The summed E-state index contributed by atoms with van der Waals surface area (Å²) in [6.07, 6.45) is 3.59. The summed E-state index contributed by atoms with van der Waals surface area (Å²) >= 11 is 0. The molecule has 10 N–H and O–H groups in total. The van der Waals surface area contributed by atoms with E-state index in [2.05, 4.69) is 57.2 Å². The monoisotopic (exact) mass is 1450 g/mol. The standard InChI is InChI=1S/C58H66FN10O21P3S3/c1-7-32-25-56(2,3)65-42-22-45-40(20-37(32)42)52(41-21-38-35(29-96(81,82)83)26-57(4,5)66-43(38)23-46(41)86-45)39-19-33(14-15-36(39)55(72)73)44(70)12-10-18-94-95-31-84-17-9-13-49(71)62-16-8-11-34-27-69(54-51(34)53(60)63-30-64-54)50-24-47(88-58(6,59)67-68-61)48(87-50)28-85-92(77,78)90-93(79,80)89-91(74,75)76/h14-15,19-23,25-27,30,47-48,50,66H,7,9-10,12-13,16-18,24,28-29,31H2,1-6H3,(H,62,71)(H,72,73)(H,77,78)(H,79,80)(H2,60,63,64)(H2,74,75,76)(H,81,82,83)/t47-,48-,50-,58-/m1/s1. The van der Waals surface area contributed by atoms with Gasteiger partial charge in [0.1, 0.15) is 53.3 Å². The van der Waals surface area contributed by atoms with Gasteiger partial charge >= 0.3 is 29.4 Å². The van der Waals surface area contributed by atoms with Crippen LogP contribution in [-0.2, 0) is 56.0 Å². The summed E-state index contributed by atoms with van der Waals surface area (Å²) in [5.74, 6) is 1.75. The average molecular weight is 1450 g/mol. The smallest absolute Gasteiger partial charge is 0.478 e. The van der Waals surface area contributed by atoms with Crippen LogP contribution >= 0.6 is 45.1 Å². The molecule has 9 rings (SSSR count). The van der Waals surface area contributed by atoms with Gasteiger partial charge < -0.3 is 64.6 Å². The highest BCUT2D eigenvalue weighted by Crippen LogP contribution is 2.66. The van der Waals surface area contributed by atoms with Gasteiger partial charge in [0, 0.05) is 101 Å². The third-order valence-electron chi connectivity index (χ3n) is 14.8. The number of azide groups is 1. The number of amides is 1. The second-order valence-electron chi connectivity index (χ2n) is 23.4. The number of phosphoric acid groups is 3. The van der Waals surface area contributed by atoms with Crippen LogP contribution in [0, 0.1) is 11.8 Å². The number of nitrogens with two attached hydrogens (primary N) is 1. The number of rotatable bonds is 29. The second-order valence-corrected chi connectivity index (χ2v) is 31.8. The Bertz CT molecular complexity index is 4550. The first kappa shape index (κ1) is 73.4. The number of Topliss-reactive ketones (excluding diaryl/α,β-unsaturated/α-hetero) is 1. The lowest BCUT2D eigenvalue weighted by molar-refractivity contribution is -0.178. The molecule has 0 bridgehead atoms. The maximum atomic E-state index is 15.1. The number of aromatic nitrogens is 3. The Hall–Kier alpha value is -6.86. The van der Waals surface area contributed by atoms with Gasteiger partial charge in [0.05, 0.1) is 52.2 Å². The van der Waals surface area contributed by atoms with Crippen molar-refractivity contribution >= 4 is 112 Å². The summed E-state index contributed by atoms with van der Waals surface area (Å²) in [5.41, 5.74) is 18.7. The SMILES string of the molecule is CCC1=CC(C)(C)N=c2cc3c(cc21)=C(c1cc(C(=O)CCCSSCOCCCC(=O)NCC#Cc2cn([C@H]4C[C@@H](O[C@](C)(F)N=[N+]=[N-])[C@@H](COP(=O)(O)OP(=O)(O)OP(=O)(O)O)O4)c4ncnc(N)c24)ccc1C(=O)O)c1cc2c(cc1O3)NC(C)(C)C=C2CS(=O)(=O)O. The number of carbonyl (C=O) groups excluding carboxylic acids is 2. The predicted molar refractivity (Wildman–Crippen MR) is 351 cm³/mol. The Morgan fingerprint density at radius 2 is 1.74 bits per heavy atom. The fraction of sp³-hybridized carbons (Fsp3) is 0.414. The molecule has 1 saturated heterocycles. The number of nitrogens with one attached hydrogen (secondary N) is 2. The molecule has 31 nitrogen and oxygen atoms in total. The van der Waals surface area contributed by atoms with E-state index in [0.717, 1.165) is 24.4 Å². The molecular formula is C58H66FN10O21P3S3. The zero-order valence-corrected chi connectivity index (χ0v) is 57.2. The molecule has 2 aromatic heterocycles. The quantitative estimate of drug-likeness (QED) is 0.00181. The first-order valence-corrected chi connectivity index (χ1v) is 37.8. The van der Waals surface area contributed by atoms with Gasteiger partial charge in [-0.3, -0.25) is 23.7 Å². The largest absolute Gasteiger partial charge is 0.490 e. The maximum Gasteiger partial charge on any atom is 0.490 e. The van der Waals surface area contributed by atoms with Gasteiger partial charge in [-0.1, -0.05) is 58.6 Å². The lowest BCUT2D eigenvalue weighted by Gasteiger charge is -2.34. The number of hydrogen-bond donors (Lipinski definition) is 9. The van der Waals surface area contributed by atoms with Gasteiger partial charge in [0.2, 0.25) is 5.91 Å². The van der Waals surface area contributed by atoms with Crippen molar-refractivity contribution in [1.82, 2.24) is 19.9 Å². The zero-order chi connectivity index (χ0) is 69.9. The normalized spacial score (nSPS) is 19.5. The Balaban J connectivity index is 0.784. The molecule has 0 spiro atoms. The number of phosphoric ester groups is 1. The molecule has 38 heteroatoms. The van der Waals surface area contributed by atoms with Crippen LogP contribution in [0.1, 0.15) is 135 Å². The van der Waals surface area contributed by atoms with Crippen LogP contribution in [-0.4, -0.2) is 136 Å². The summed E-state index contributed by atoms with van der Waals surface area (Å²) in [5, 5.41) is 21.2. The molecule has 0 radical (unpaired) electrons. The molecule has 0 saturated carbocycles. The summed E-state index contributed by atoms with van der Waals surface area (Å²) in [6.45, 7) is 9.55. The van der Waals surface area contributed by atoms with Crippen molar-refractivity contribution in [3.05, 3.63) is 127 Å². The number of allylic oxidation sites excluding steroid dienone is 1. The number of benzene rings is 3. The van der Waals surface area contributed by atoms with Crippen LogP contribution < -0.4 is 31.7 Å². The van der Waals surface area contributed by atoms with Crippen LogP contribution in [0.3, 0.4) is 0 Å². The number of carboxylic acids is 1. The van der Waals surface area contributed by atoms with Crippen molar-refractivity contribution in [3.8, 4) is 23.3 Å². The highest BCUT2D eigenvalue weighted by Gasteiger charge is 2.46. The number of carboxylic acid groups (broad SMARTS) is 1. The molecule has 5 aromatic rings. The molecule has 2 unspecified atom stereocenters. The van der Waals surface area contributed by atoms with E-state index in [4.69, 9.17) is 49.5 Å². The number of aromatic carboxylic acids is 1. The van der Waals surface area contributed by atoms with E-state index in [0.29, 0.717) is 75.1 Å². The minimum atomic E-state index is -5.90. The fourth-order valence-corrected chi connectivity index (χ4v) is 16.6. The van der Waals surface area contributed by atoms with Gasteiger partial charge in [-0.25, -0.2) is 32.8 Å². The van der Waals surface area contributed by atoms with Crippen molar-refractivity contribution in [2.45, 2.75) is 116 Å². The van der Waals surface area contributed by atoms with Crippen molar-refractivity contribution in [2.75, 3.05) is 48.3 Å². The molecule has 4 aliphatic heterocycles. The van der Waals surface area contributed by atoms with Gasteiger partial charge in [0.15, 0.2) is 5.78 Å². The molecule has 96 heavy (non-hydrogen) atoms. The number of ketones is 1. The lowest BCUT2D eigenvalue weighted by Crippen LogP contribution is -2.35. The second kappa shape index (κ2) is 29.3. The van der Waals surface area contributed by atoms with Crippen molar-refractivity contribution in [1.29, 1.82) is 0 Å². The maximum absolute atomic E-state index is 15.1. The fourth-order valence-electron chi connectivity index (χ4n) is 11.2. The molecule has 0 aliphatic carbocycles. The lowest BCUT2D eigenvalue weighted by atomic mass is 9.83. The predicted octanol–water partition coefficient (Wildman–Crippen LogP) is 8.98. The van der Waals surface area contributed by atoms with E-state index in [1.807, 2.05) is 46.8 Å². The number of fused-ring (bicyclic) bond motifs is 5. The first-order chi connectivity index (χ1) is 44.9. The van der Waals surface area contributed by atoms with E-state index in [1.165, 1.54) is 44.5 Å². The highest BCUT2D eigenvalue weighted by molar-refractivity contribution is 8.76. The zero-order valence-electron chi connectivity index (χ0n) is 52.0. The third kappa shape index (κ3) is 18.7. The van der Waals surface area contributed by atoms with Crippen LogP contribution in [0.15, 0.2) is 77.2 Å². The first-order valence-electron chi connectivity index (χ1n) is 29.2. The average Bonchev–Trinajstić information content (AvgIpc) is 0.902. The van der Waals surface area contributed by atoms with Crippen molar-refractivity contribution in [2.24, 2.45) is 10.1 Å². The van der Waals surface area contributed by atoms with Crippen LogP contribution in [0.5, 0.6) is 11.5 Å². The van der Waals surface area contributed by atoms with Crippen molar-refractivity contribution < 1.29 is 102 Å². The minimum absolute atomic E-state index is 0.0281. The van der Waals surface area contributed by atoms with Gasteiger partial charge in [-0.2, -0.15) is 17.0 Å². The highest BCUT2D eigenvalue weighted by atomic mass is 33.1. The number of carbonyl (C=O) groups is 3. The number of nitrogens with zero attached hydrogens (tertiary/aromatic N) is 7. The van der Waals surface area contributed by atoms with Crippen LogP contribution in [0.2, 0.25) is 0 Å². The minimum Gasteiger partial charge on any atom is -0.478 e. The number of alkyl halides is 1. The molecule has 1 fully saturated rings. The number of anilines is 2. The molecule has 6 atom stereocenters. The van der Waals surface area contributed by atoms with E-state index in [9.17, 15) is 55.9 Å². The van der Waals surface area contributed by atoms with Crippen LogP contribution in [0.4, 0.5) is 15.9 Å². The van der Waals surface area contributed by atoms with Gasteiger partial charge in [-0.15, -0.1) is 0 Å². The molecule has 1 amide bonds. The number of halogens is 1. The number of ether oxygens (including phenoxy) is 4. The van der Waals surface area contributed by atoms with E-state index < -0.39 is 87.4 Å². The summed E-state index contributed by atoms with van der Waals surface area (Å²) in [6, 6.07) is 11.7. The topological polar surface area (TPSA) is 464 Å². The van der Waals surface area contributed by atoms with E-state index >= 15 is 4.39 Å². The Kier molecular flexibility index (Phi) is 22.4. The Labute approximate surface area is 555 Å². The van der Waals surface area contributed by atoms with E-state index in [-0.39, 0.29) is 89.1 Å². The van der Waals surface area contributed by atoms with Crippen molar-refractivity contribution in [3.63, 3.8) is 0 Å². The molecule has 514 valence electrons. The molecule has 6 heterocycles. The summed E-state index contributed by atoms with van der Waals surface area (Å²) < 4.78 is 123. The molecular weight excluding hydrogens is 1380 g/mol. The van der Waals surface area contributed by atoms with Gasteiger partial charge in [-0.05, 0) is 98.6 Å².